The Morgan fingerprint density at radius 2 is 1.85 bits per heavy atom. The van der Waals surface area contributed by atoms with E-state index in [2.05, 4.69) is 10.3 Å². The summed E-state index contributed by atoms with van der Waals surface area (Å²) in [5, 5.41) is 3.02. The molecule has 1 aliphatic heterocycles. The second-order valence-electron chi connectivity index (χ2n) is 8.90. The van der Waals surface area contributed by atoms with Crippen LogP contribution in [0.4, 0.5) is 9.93 Å². The summed E-state index contributed by atoms with van der Waals surface area (Å²) in [5.41, 5.74) is 2.16. The van der Waals surface area contributed by atoms with Crippen molar-refractivity contribution in [3.63, 3.8) is 0 Å². The van der Waals surface area contributed by atoms with Crippen LogP contribution in [0.2, 0.25) is 0 Å². The third-order valence-electron chi connectivity index (χ3n) is 5.19. The molecule has 0 saturated carbocycles. The van der Waals surface area contributed by atoms with Gasteiger partial charge in [-0.25, -0.2) is 18.2 Å². The fourth-order valence-electron chi connectivity index (χ4n) is 3.87. The quantitative estimate of drug-likeness (QED) is 0.551. The lowest BCUT2D eigenvalue weighted by Crippen LogP contribution is -2.40. The van der Waals surface area contributed by atoms with Crippen molar-refractivity contribution in [2.24, 2.45) is 0 Å². The fraction of sp³-hybridized carbons (Fsp3) is 0.333. The van der Waals surface area contributed by atoms with E-state index in [0.717, 1.165) is 21.6 Å². The molecule has 1 N–H and O–H groups in total. The van der Waals surface area contributed by atoms with Gasteiger partial charge in [0, 0.05) is 17.6 Å². The SMILES string of the molecule is CC(C)(C)OC(=O)Nc1ncc([C@@H]2c3ccccc3CCN2S(=O)(=O)Cc2ccccc2)s1. The second kappa shape index (κ2) is 9.24. The van der Waals surface area contributed by atoms with Gasteiger partial charge in [-0.2, -0.15) is 4.31 Å². The summed E-state index contributed by atoms with van der Waals surface area (Å²) in [4.78, 5) is 17.2. The number of sulfonamides is 1. The molecule has 0 spiro atoms. The zero-order chi connectivity index (χ0) is 23.6. The molecule has 1 amide bonds. The summed E-state index contributed by atoms with van der Waals surface area (Å²) in [6.07, 6.45) is 1.68. The summed E-state index contributed by atoms with van der Waals surface area (Å²) in [7, 11) is -3.61. The molecule has 1 atom stereocenters. The van der Waals surface area contributed by atoms with Gasteiger partial charge in [0.2, 0.25) is 10.0 Å². The third kappa shape index (κ3) is 5.61. The van der Waals surface area contributed by atoms with E-state index in [9.17, 15) is 13.2 Å². The first-order valence-corrected chi connectivity index (χ1v) is 13.1. The molecule has 0 radical (unpaired) electrons. The molecule has 3 aromatic rings. The number of thiazole rings is 1. The minimum Gasteiger partial charge on any atom is -0.444 e. The standard InChI is InChI=1S/C24H27N3O4S2/c1-24(2,3)31-23(28)26-22-25-15-20(32-22)21-19-12-8-7-11-18(19)13-14-27(21)33(29,30)16-17-9-5-4-6-10-17/h4-12,15,21H,13-14,16H2,1-3H3,(H,25,26,28)/t21-/m0/s1. The highest BCUT2D eigenvalue weighted by molar-refractivity contribution is 7.88. The lowest BCUT2D eigenvalue weighted by Gasteiger charge is -2.35. The van der Waals surface area contributed by atoms with Gasteiger partial charge in [0.1, 0.15) is 5.60 Å². The maximum absolute atomic E-state index is 13.5. The van der Waals surface area contributed by atoms with E-state index in [-0.39, 0.29) is 5.75 Å². The van der Waals surface area contributed by atoms with Crippen LogP contribution in [-0.4, -0.2) is 35.9 Å². The minimum atomic E-state index is -3.61. The first kappa shape index (κ1) is 23.4. The fourth-order valence-corrected chi connectivity index (χ4v) is 6.57. The van der Waals surface area contributed by atoms with Crippen LogP contribution in [0.25, 0.3) is 0 Å². The zero-order valence-electron chi connectivity index (χ0n) is 18.8. The van der Waals surface area contributed by atoms with Gasteiger partial charge in [-0.1, -0.05) is 65.9 Å². The lowest BCUT2D eigenvalue weighted by atomic mass is 9.94. The van der Waals surface area contributed by atoms with Crippen molar-refractivity contribution in [1.29, 1.82) is 0 Å². The lowest BCUT2D eigenvalue weighted by molar-refractivity contribution is 0.0636. The summed E-state index contributed by atoms with van der Waals surface area (Å²) < 4.78 is 33.9. The summed E-state index contributed by atoms with van der Waals surface area (Å²) in [6, 6.07) is 16.6. The largest absolute Gasteiger partial charge is 0.444 e. The van der Waals surface area contributed by atoms with Crippen molar-refractivity contribution in [2.75, 3.05) is 11.9 Å². The maximum Gasteiger partial charge on any atom is 0.413 e. The topological polar surface area (TPSA) is 88.6 Å². The van der Waals surface area contributed by atoms with Crippen LogP contribution < -0.4 is 5.32 Å². The smallest absolute Gasteiger partial charge is 0.413 e. The molecule has 7 nitrogen and oxygen atoms in total. The summed E-state index contributed by atoms with van der Waals surface area (Å²) in [5.74, 6) is -0.0751. The van der Waals surface area contributed by atoms with E-state index >= 15 is 0 Å². The number of nitrogens with zero attached hydrogens (tertiary/aromatic N) is 2. The average molecular weight is 486 g/mol. The van der Waals surface area contributed by atoms with Gasteiger partial charge in [0.15, 0.2) is 5.13 Å². The van der Waals surface area contributed by atoms with Crippen LogP contribution in [0.15, 0.2) is 60.8 Å². The van der Waals surface area contributed by atoms with E-state index in [4.69, 9.17) is 4.74 Å². The Morgan fingerprint density at radius 3 is 2.58 bits per heavy atom. The van der Waals surface area contributed by atoms with Gasteiger partial charge in [-0.15, -0.1) is 0 Å². The van der Waals surface area contributed by atoms with E-state index in [1.807, 2.05) is 54.6 Å². The molecule has 0 saturated heterocycles. The number of rotatable bonds is 5. The van der Waals surface area contributed by atoms with E-state index in [1.54, 1.807) is 31.3 Å². The number of anilines is 1. The van der Waals surface area contributed by atoms with Gasteiger partial charge in [0.25, 0.3) is 0 Å². The maximum atomic E-state index is 13.5. The molecule has 4 rings (SSSR count). The van der Waals surface area contributed by atoms with Crippen molar-refractivity contribution >= 4 is 32.6 Å². The Labute approximate surface area is 198 Å². The Kier molecular flexibility index (Phi) is 6.56. The first-order valence-electron chi connectivity index (χ1n) is 10.7. The zero-order valence-corrected chi connectivity index (χ0v) is 20.4. The number of carbonyl (C=O) groups is 1. The molecule has 1 aliphatic rings. The molecule has 0 unspecified atom stereocenters. The van der Waals surface area contributed by atoms with Crippen LogP contribution in [0, 0.1) is 0 Å². The van der Waals surface area contributed by atoms with Crippen molar-refractivity contribution in [3.8, 4) is 0 Å². The molecule has 2 heterocycles. The molecule has 0 fully saturated rings. The molecule has 0 aliphatic carbocycles. The number of hydrogen-bond donors (Lipinski definition) is 1. The Hall–Kier alpha value is -2.75. The number of fused-ring (bicyclic) bond motifs is 1. The van der Waals surface area contributed by atoms with Gasteiger partial charge in [-0.05, 0) is 43.9 Å². The number of hydrogen-bond acceptors (Lipinski definition) is 6. The van der Waals surface area contributed by atoms with Gasteiger partial charge in [0.05, 0.1) is 11.8 Å². The molecule has 0 bridgehead atoms. The first-order chi connectivity index (χ1) is 15.6. The summed E-state index contributed by atoms with van der Waals surface area (Å²) in [6.45, 7) is 5.74. The van der Waals surface area contributed by atoms with Crippen molar-refractivity contribution in [2.45, 2.75) is 44.6 Å². The van der Waals surface area contributed by atoms with Gasteiger partial charge in [-0.3, -0.25) is 5.32 Å². The van der Waals surface area contributed by atoms with Crippen molar-refractivity contribution in [1.82, 2.24) is 9.29 Å². The number of benzene rings is 2. The van der Waals surface area contributed by atoms with Crippen molar-refractivity contribution < 1.29 is 17.9 Å². The van der Waals surface area contributed by atoms with E-state index < -0.39 is 27.8 Å². The van der Waals surface area contributed by atoms with Crippen LogP contribution in [0.3, 0.4) is 0 Å². The van der Waals surface area contributed by atoms with Crippen LogP contribution in [0.1, 0.15) is 48.4 Å². The monoisotopic (exact) mass is 485 g/mol. The van der Waals surface area contributed by atoms with Gasteiger partial charge >= 0.3 is 6.09 Å². The predicted octanol–water partition coefficient (Wildman–Crippen LogP) is 4.97. The molecular formula is C24H27N3O4S2. The molecule has 174 valence electrons. The van der Waals surface area contributed by atoms with Crippen molar-refractivity contribution in [3.05, 3.63) is 82.4 Å². The summed E-state index contributed by atoms with van der Waals surface area (Å²) >= 11 is 1.25. The van der Waals surface area contributed by atoms with Gasteiger partial charge < -0.3 is 4.74 Å². The van der Waals surface area contributed by atoms with E-state index in [1.165, 1.54) is 11.3 Å². The molecule has 2 aromatic carbocycles. The molecule has 9 heteroatoms. The average Bonchev–Trinajstić information content (AvgIpc) is 3.19. The second-order valence-corrected chi connectivity index (χ2v) is 11.9. The Bertz CT molecular complexity index is 1230. The number of ether oxygens (including phenoxy) is 1. The molecule has 33 heavy (non-hydrogen) atoms. The van der Waals surface area contributed by atoms with Crippen LogP contribution in [0.5, 0.6) is 0 Å². The Balaban J connectivity index is 1.66. The normalized spacial score (nSPS) is 16.8. The number of carbonyl (C=O) groups excluding carboxylic acids is 1. The molecule has 1 aromatic heterocycles. The van der Waals surface area contributed by atoms with Crippen LogP contribution in [-0.2, 0) is 26.9 Å². The predicted molar refractivity (Wildman–Crippen MR) is 130 cm³/mol. The molecular weight excluding hydrogens is 458 g/mol. The highest BCUT2D eigenvalue weighted by atomic mass is 32.2. The highest BCUT2D eigenvalue weighted by Crippen LogP contribution is 2.40. The number of aromatic nitrogens is 1. The van der Waals surface area contributed by atoms with E-state index in [0.29, 0.717) is 18.1 Å². The third-order valence-corrected chi connectivity index (χ3v) is 7.96. The minimum absolute atomic E-state index is 0.0751. The Morgan fingerprint density at radius 1 is 1.15 bits per heavy atom. The van der Waals surface area contributed by atoms with Crippen LogP contribution >= 0.6 is 11.3 Å². The number of amides is 1. The highest BCUT2D eigenvalue weighted by Gasteiger charge is 2.37. The number of nitrogens with one attached hydrogen (secondary N) is 1.